The monoisotopic (exact) mass is 388 g/mol. The van der Waals surface area contributed by atoms with Gasteiger partial charge in [-0.2, -0.15) is 0 Å². The number of hydrogen-bond donors (Lipinski definition) is 1. The van der Waals surface area contributed by atoms with Gasteiger partial charge in [0.15, 0.2) is 0 Å². The molecule has 1 aliphatic rings. The third-order valence-corrected chi connectivity index (χ3v) is 5.49. The highest BCUT2D eigenvalue weighted by atomic mass is 32.1. The van der Waals surface area contributed by atoms with Gasteiger partial charge in [0.05, 0.1) is 19.2 Å². The van der Waals surface area contributed by atoms with Crippen molar-refractivity contribution in [1.82, 2.24) is 10.2 Å². The molecule has 1 aliphatic heterocycles. The summed E-state index contributed by atoms with van der Waals surface area (Å²) in [7, 11) is 1.57. The van der Waals surface area contributed by atoms with Crippen molar-refractivity contribution < 1.29 is 19.1 Å². The van der Waals surface area contributed by atoms with Gasteiger partial charge in [-0.25, -0.2) is 0 Å². The van der Waals surface area contributed by atoms with Crippen LogP contribution in [-0.4, -0.2) is 43.0 Å². The topological polar surface area (TPSA) is 67.9 Å². The summed E-state index contributed by atoms with van der Waals surface area (Å²) in [6.45, 7) is 3.41. The highest BCUT2D eigenvalue weighted by molar-refractivity contribution is 7.09. The van der Waals surface area contributed by atoms with Crippen molar-refractivity contribution in [3.63, 3.8) is 0 Å². The lowest BCUT2D eigenvalue weighted by Crippen LogP contribution is -2.40. The van der Waals surface area contributed by atoms with Crippen LogP contribution in [0.25, 0.3) is 0 Å². The van der Waals surface area contributed by atoms with Crippen molar-refractivity contribution in [2.75, 3.05) is 20.2 Å². The van der Waals surface area contributed by atoms with Gasteiger partial charge in [0.25, 0.3) is 5.91 Å². The van der Waals surface area contributed by atoms with Crippen LogP contribution >= 0.6 is 11.3 Å². The molecule has 0 aliphatic carbocycles. The van der Waals surface area contributed by atoms with Gasteiger partial charge < -0.3 is 19.7 Å². The first-order valence-corrected chi connectivity index (χ1v) is 9.85. The average molecular weight is 388 g/mol. The zero-order chi connectivity index (χ0) is 19.2. The van der Waals surface area contributed by atoms with Crippen LogP contribution in [0.3, 0.4) is 0 Å². The van der Waals surface area contributed by atoms with Gasteiger partial charge in [0, 0.05) is 37.7 Å². The molecule has 6 nitrogen and oxygen atoms in total. The van der Waals surface area contributed by atoms with Crippen molar-refractivity contribution >= 4 is 23.2 Å². The van der Waals surface area contributed by atoms with Crippen molar-refractivity contribution in [2.24, 2.45) is 0 Å². The summed E-state index contributed by atoms with van der Waals surface area (Å²) in [5.41, 5.74) is 0.458. The fraction of sp³-hybridized carbons (Fsp3) is 0.400. The second-order valence-corrected chi connectivity index (χ2v) is 7.48. The van der Waals surface area contributed by atoms with Gasteiger partial charge in [-0.15, -0.1) is 11.3 Å². The number of nitrogens with zero attached hydrogens (tertiary/aromatic N) is 1. The molecule has 1 aromatic heterocycles. The quantitative estimate of drug-likeness (QED) is 0.826. The molecule has 27 heavy (non-hydrogen) atoms. The minimum absolute atomic E-state index is 0.0159. The molecule has 3 rings (SSSR count). The number of nitrogens with one attached hydrogen (secondary N) is 1. The van der Waals surface area contributed by atoms with Gasteiger partial charge in [0.1, 0.15) is 17.6 Å². The minimum atomic E-state index is -0.196. The van der Waals surface area contributed by atoms with E-state index in [1.165, 1.54) is 0 Å². The summed E-state index contributed by atoms with van der Waals surface area (Å²) in [4.78, 5) is 27.1. The number of hydrogen-bond acceptors (Lipinski definition) is 5. The minimum Gasteiger partial charge on any atom is -0.497 e. The number of piperidine rings is 1. The number of ether oxygens (including phenoxy) is 2. The number of benzene rings is 1. The first-order chi connectivity index (χ1) is 13.1. The molecular formula is C20H24N2O4S. The van der Waals surface area contributed by atoms with E-state index in [1.54, 1.807) is 43.6 Å². The molecule has 0 unspecified atom stereocenters. The molecular weight excluding hydrogens is 364 g/mol. The van der Waals surface area contributed by atoms with Crippen molar-refractivity contribution in [2.45, 2.75) is 32.4 Å². The van der Waals surface area contributed by atoms with E-state index in [4.69, 9.17) is 9.47 Å². The molecule has 0 saturated carbocycles. The number of carbonyl (C=O) groups excluding carboxylic acids is 2. The van der Waals surface area contributed by atoms with Crippen molar-refractivity contribution in [3.05, 3.63) is 46.2 Å². The Morgan fingerprint density at radius 1 is 1.26 bits per heavy atom. The van der Waals surface area contributed by atoms with Crippen LogP contribution in [0, 0.1) is 0 Å². The van der Waals surface area contributed by atoms with Gasteiger partial charge in [0.2, 0.25) is 5.91 Å². The molecule has 2 aromatic rings. The average Bonchev–Trinajstić information content (AvgIpc) is 3.20. The molecule has 1 fully saturated rings. The standard InChI is InChI=1S/C20H24N2O4S/c1-14(23)22-9-7-15(8-10-22)26-19-6-5-16(25-2)12-18(19)20(24)21-13-17-4-3-11-27-17/h3-6,11-12,15H,7-10,13H2,1-2H3,(H,21,24). The van der Waals surface area contributed by atoms with Crippen LogP contribution in [0.15, 0.2) is 35.7 Å². The molecule has 0 bridgehead atoms. The molecule has 2 amide bonds. The number of amides is 2. The maximum Gasteiger partial charge on any atom is 0.255 e. The predicted octanol–water partition coefficient (Wildman–Crippen LogP) is 3.08. The molecule has 2 heterocycles. The summed E-state index contributed by atoms with van der Waals surface area (Å²) in [5.74, 6) is 1.04. The zero-order valence-electron chi connectivity index (χ0n) is 15.6. The lowest BCUT2D eigenvalue weighted by molar-refractivity contribution is -0.130. The molecule has 0 atom stereocenters. The van der Waals surface area contributed by atoms with E-state index < -0.39 is 0 Å². The second-order valence-electron chi connectivity index (χ2n) is 6.45. The Labute approximate surface area is 163 Å². The number of methoxy groups -OCH3 is 1. The fourth-order valence-corrected chi connectivity index (χ4v) is 3.70. The summed E-state index contributed by atoms with van der Waals surface area (Å²) >= 11 is 1.60. The van der Waals surface area contributed by atoms with Crippen LogP contribution in [0.5, 0.6) is 11.5 Å². The third kappa shape index (κ3) is 5.01. The Bertz CT molecular complexity index is 783. The van der Waals surface area contributed by atoms with Gasteiger partial charge in [-0.05, 0) is 29.6 Å². The highest BCUT2D eigenvalue weighted by Gasteiger charge is 2.24. The van der Waals surface area contributed by atoms with Gasteiger partial charge in [-0.1, -0.05) is 6.07 Å². The highest BCUT2D eigenvalue weighted by Crippen LogP contribution is 2.27. The smallest absolute Gasteiger partial charge is 0.255 e. The van der Waals surface area contributed by atoms with E-state index in [0.717, 1.165) is 17.7 Å². The molecule has 0 spiro atoms. The Kier molecular flexibility index (Phi) is 6.34. The van der Waals surface area contributed by atoms with Crippen molar-refractivity contribution in [1.29, 1.82) is 0 Å². The molecule has 144 valence electrons. The van der Waals surface area contributed by atoms with Crippen LogP contribution in [0.2, 0.25) is 0 Å². The Hall–Kier alpha value is -2.54. The predicted molar refractivity (Wildman–Crippen MR) is 104 cm³/mol. The number of likely N-dealkylation sites (tertiary alicyclic amines) is 1. The van der Waals surface area contributed by atoms with Gasteiger partial charge >= 0.3 is 0 Å². The van der Waals surface area contributed by atoms with Crippen LogP contribution in [0.4, 0.5) is 0 Å². The van der Waals surface area contributed by atoms with E-state index in [9.17, 15) is 9.59 Å². The normalized spacial score (nSPS) is 14.7. The van der Waals surface area contributed by atoms with E-state index in [-0.39, 0.29) is 17.9 Å². The zero-order valence-corrected chi connectivity index (χ0v) is 16.4. The lowest BCUT2D eigenvalue weighted by Gasteiger charge is -2.31. The number of carbonyl (C=O) groups is 2. The summed E-state index contributed by atoms with van der Waals surface area (Å²) < 4.78 is 11.4. The molecule has 1 saturated heterocycles. The van der Waals surface area contributed by atoms with Crippen LogP contribution in [0.1, 0.15) is 35.0 Å². The maximum absolute atomic E-state index is 12.7. The van der Waals surface area contributed by atoms with E-state index >= 15 is 0 Å². The number of thiophene rings is 1. The summed E-state index contributed by atoms with van der Waals surface area (Å²) in [5, 5.41) is 4.92. The first kappa shape index (κ1) is 19.2. The Balaban J connectivity index is 1.69. The molecule has 1 N–H and O–H groups in total. The molecule has 1 aromatic carbocycles. The van der Waals surface area contributed by atoms with E-state index in [0.29, 0.717) is 36.7 Å². The van der Waals surface area contributed by atoms with E-state index in [2.05, 4.69) is 5.32 Å². The fourth-order valence-electron chi connectivity index (χ4n) is 3.06. The SMILES string of the molecule is COc1ccc(OC2CCN(C(C)=O)CC2)c(C(=O)NCc2cccs2)c1. The summed E-state index contributed by atoms with van der Waals surface area (Å²) in [6, 6.07) is 9.20. The maximum atomic E-state index is 12.7. The second kappa shape index (κ2) is 8.90. The van der Waals surface area contributed by atoms with E-state index in [1.807, 2.05) is 22.4 Å². The molecule has 7 heteroatoms. The molecule has 0 radical (unpaired) electrons. The lowest BCUT2D eigenvalue weighted by atomic mass is 10.1. The number of rotatable bonds is 6. The summed E-state index contributed by atoms with van der Waals surface area (Å²) in [6.07, 6.45) is 1.49. The third-order valence-electron chi connectivity index (χ3n) is 4.62. The largest absolute Gasteiger partial charge is 0.497 e. The Morgan fingerprint density at radius 3 is 2.67 bits per heavy atom. The van der Waals surface area contributed by atoms with Crippen LogP contribution < -0.4 is 14.8 Å². The Morgan fingerprint density at radius 2 is 2.04 bits per heavy atom. The first-order valence-electron chi connectivity index (χ1n) is 8.97. The van der Waals surface area contributed by atoms with Gasteiger partial charge in [-0.3, -0.25) is 9.59 Å². The van der Waals surface area contributed by atoms with Crippen molar-refractivity contribution in [3.8, 4) is 11.5 Å². The van der Waals surface area contributed by atoms with Crippen LogP contribution in [-0.2, 0) is 11.3 Å².